The molecule has 0 saturated carbocycles. The van der Waals surface area contributed by atoms with Gasteiger partial charge in [0.05, 0.1) is 18.9 Å². The summed E-state index contributed by atoms with van der Waals surface area (Å²) in [6.45, 7) is 0. The second-order valence-corrected chi connectivity index (χ2v) is 2.20. The number of hydrogen-bond acceptors (Lipinski definition) is 4. The number of carbonyl (C=O) groups excluding carboxylic acids is 2. The van der Waals surface area contributed by atoms with Crippen LogP contribution >= 0.6 is 0 Å². The van der Waals surface area contributed by atoms with E-state index in [2.05, 4.69) is 9.15 Å². The highest BCUT2D eigenvalue weighted by molar-refractivity contribution is 5.73. The molecule has 1 aromatic heterocycles. The van der Waals surface area contributed by atoms with Gasteiger partial charge in [-0.05, 0) is 18.2 Å². The Morgan fingerprint density at radius 3 is 2.54 bits per heavy atom. The maximum atomic E-state index is 9.96. The van der Waals surface area contributed by atoms with Crippen molar-refractivity contribution in [2.45, 2.75) is 6.42 Å². The van der Waals surface area contributed by atoms with Gasteiger partial charge in [-0.3, -0.25) is 9.59 Å². The third-order valence-corrected chi connectivity index (χ3v) is 1.24. The number of esters is 1. The van der Waals surface area contributed by atoms with Gasteiger partial charge in [0.2, 0.25) is 0 Å². The van der Waals surface area contributed by atoms with Crippen LogP contribution in [0.25, 0.3) is 0 Å². The fourth-order valence-corrected chi connectivity index (χ4v) is 0.675. The zero-order valence-corrected chi connectivity index (χ0v) is 6.80. The van der Waals surface area contributed by atoms with E-state index in [9.17, 15) is 9.59 Å². The molecule has 1 aromatic rings. The van der Waals surface area contributed by atoms with Crippen LogP contribution in [0.4, 0.5) is 0 Å². The highest BCUT2D eigenvalue weighted by Gasteiger charge is 2.00. The van der Waals surface area contributed by atoms with Gasteiger partial charge >= 0.3 is 5.97 Å². The SMILES string of the molecule is O=C1CC=CO1.O=Cc1ccco1. The predicted octanol–water partition coefficient (Wildman–Crippen LogP) is 1.54. The molecular weight excluding hydrogens is 172 g/mol. The first kappa shape index (κ1) is 9.25. The van der Waals surface area contributed by atoms with Gasteiger partial charge in [0.1, 0.15) is 0 Å². The zero-order chi connectivity index (χ0) is 9.52. The van der Waals surface area contributed by atoms with Crippen molar-refractivity contribution in [2.24, 2.45) is 0 Å². The number of aldehydes is 1. The molecule has 0 atom stereocenters. The third kappa shape index (κ3) is 3.37. The van der Waals surface area contributed by atoms with Gasteiger partial charge in [-0.15, -0.1) is 0 Å². The van der Waals surface area contributed by atoms with Crippen LogP contribution in [0.3, 0.4) is 0 Å². The van der Waals surface area contributed by atoms with Crippen LogP contribution in [0.2, 0.25) is 0 Å². The smallest absolute Gasteiger partial charge is 0.314 e. The fraction of sp³-hybridized carbons (Fsp3) is 0.111. The molecule has 2 rings (SSSR count). The second-order valence-electron chi connectivity index (χ2n) is 2.20. The van der Waals surface area contributed by atoms with E-state index in [0.29, 0.717) is 18.5 Å². The Labute approximate surface area is 74.8 Å². The molecule has 13 heavy (non-hydrogen) atoms. The van der Waals surface area contributed by atoms with E-state index in [1.807, 2.05) is 0 Å². The Hall–Kier alpha value is -1.84. The molecule has 0 N–H and O–H groups in total. The minimum atomic E-state index is -0.157. The maximum absolute atomic E-state index is 9.96. The molecule has 68 valence electrons. The van der Waals surface area contributed by atoms with Crippen LogP contribution in [-0.4, -0.2) is 12.3 Å². The molecule has 0 bridgehead atoms. The summed E-state index contributed by atoms with van der Waals surface area (Å²) in [6.07, 6.45) is 5.66. The Kier molecular flexibility index (Phi) is 3.50. The lowest BCUT2D eigenvalue weighted by Gasteiger charge is -1.78. The molecular formula is C9H8O4. The fourth-order valence-electron chi connectivity index (χ4n) is 0.675. The molecule has 4 nitrogen and oxygen atoms in total. The normalized spacial score (nSPS) is 13.1. The first-order valence-corrected chi connectivity index (χ1v) is 3.66. The molecule has 0 fully saturated rings. The summed E-state index contributed by atoms with van der Waals surface area (Å²) >= 11 is 0. The summed E-state index contributed by atoms with van der Waals surface area (Å²) in [5.41, 5.74) is 0. The van der Waals surface area contributed by atoms with Crippen LogP contribution in [-0.2, 0) is 9.53 Å². The summed E-state index contributed by atoms with van der Waals surface area (Å²) in [4.78, 5) is 19.7. The van der Waals surface area contributed by atoms with E-state index in [1.165, 1.54) is 12.5 Å². The summed E-state index contributed by atoms with van der Waals surface area (Å²) < 4.78 is 8.95. The summed E-state index contributed by atoms with van der Waals surface area (Å²) in [5, 5.41) is 0. The average molecular weight is 180 g/mol. The summed E-state index contributed by atoms with van der Waals surface area (Å²) in [7, 11) is 0. The van der Waals surface area contributed by atoms with Crippen LogP contribution in [0.5, 0.6) is 0 Å². The lowest BCUT2D eigenvalue weighted by Crippen LogP contribution is -1.87. The lowest BCUT2D eigenvalue weighted by molar-refractivity contribution is -0.135. The summed E-state index contributed by atoms with van der Waals surface area (Å²) in [6, 6.07) is 3.27. The molecule has 2 heterocycles. The van der Waals surface area contributed by atoms with Gasteiger partial charge in [-0.1, -0.05) is 0 Å². The molecule has 1 aliphatic rings. The maximum Gasteiger partial charge on any atom is 0.314 e. The van der Waals surface area contributed by atoms with Gasteiger partial charge in [-0.2, -0.15) is 0 Å². The number of rotatable bonds is 1. The molecule has 0 saturated heterocycles. The van der Waals surface area contributed by atoms with Crippen molar-refractivity contribution in [1.82, 2.24) is 0 Å². The quantitative estimate of drug-likeness (QED) is 0.486. The number of hydrogen-bond donors (Lipinski definition) is 0. The highest BCUT2D eigenvalue weighted by Crippen LogP contribution is 1.96. The molecule has 0 aliphatic carbocycles. The summed E-state index contributed by atoms with van der Waals surface area (Å²) in [5.74, 6) is 0.218. The van der Waals surface area contributed by atoms with Crippen LogP contribution < -0.4 is 0 Å². The first-order chi connectivity index (χ1) is 6.33. The van der Waals surface area contributed by atoms with Crippen molar-refractivity contribution in [1.29, 1.82) is 0 Å². The monoisotopic (exact) mass is 180 g/mol. The largest absolute Gasteiger partial charge is 0.462 e. The lowest BCUT2D eigenvalue weighted by atomic mass is 10.5. The Morgan fingerprint density at radius 2 is 2.31 bits per heavy atom. The third-order valence-electron chi connectivity index (χ3n) is 1.24. The number of ether oxygens (including phenoxy) is 1. The Bertz CT molecular complexity index is 287. The van der Waals surface area contributed by atoms with Crippen molar-refractivity contribution in [3.8, 4) is 0 Å². The number of cyclic esters (lactones) is 1. The van der Waals surface area contributed by atoms with Crippen molar-refractivity contribution in [2.75, 3.05) is 0 Å². The van der Waals surface area contributed by atoms with Crippen molar-refractivity contribution in [3.05, 3.63) is 36.5 Å². The molecule has 0 spiro atoms. The topological polar surface area (TPSA) is 56.5 Å². The van der Waals surface area contributed by atoms with E-state index < -0.39 is 0 Å². The van der Waals surface area contributed by atoms with Crippen LogP contribution in [0.15, 0.2) is 35.2 Å². The standard InChI is InChI=1S/C5H4O2.C4H4O2/c6-4-5-2-1-3-7-5;5-4-2-1-3-6-4/h1-4H;1,3H,2H2. The van der Waals surface area contributed by atoms with Crippen LogP contribution in [0.1, 0.15) is 17.0 Å². The van der Waals surface area contributed by atoms with E-state index in [0.717, 1.165) is 0 Å². The zero-order valence-electron chi connectivity index (χ0n) is 6.80. The average Bonchev–Trinajstić information content (AvgIpc) is 2.76. The first-order valence-electron chi connectivity index (χ1n) is 3.66. The minimum Gasteiger partial charge on any atom is -0.462 e. The second kappa shape index (κ2) is 4.92. The van der Waals surface area contributed by atoms with E-state index in [4.69, 9.17) is 0 Å². The van der Waals surface area contributed by atoms with Crippen molar-refractivity contribution < 1.29 is 18.7 Å². The Balaban J connectivity index is 0.000000132. The van der Waals surface area contributed by atoms with Crippen molar-refractivity contribution in [3.63, 3.8) is 0 Å². The van der Waals surface area contributed by atoms with Gasteiger partial charge in [-0.25, -0.2) is 0 Å². The minimum absolute atomic E-state index is 0.157. The van der Waals surface area contributed by atoms with Gasteiger partial charge in [0.25, 0.3) is 0 Å². The van der Waals surface area contributed by atoms with Gasteiger partial charge in [0.15, 0.2) is 12.0 Å². The molecule has 0 unspecified atom stereocenters. The number of carbonyl (C=O) groups is 2. The molecule has 1 aliphatic heterocycles. The predicted molar refractivity (Wildman–Crippen MR) is 43.9 cm³/mol. The van der Waals surface area contributed by atoms with Crippen LogP contribution in [0, 0.1) is 0 Å². The van der Waals surface area contributed by atoms with E-state index in [1.54, 1.807) is 18.2 Å². The van der Waals surface area contributed by atoms with E-state index >= 15 is 0 Å². The van der Waals surface area contributed by atoms with E-state index in [-0.39, 0.29) is 5.97 Å². The molecule has 0 aromatic carbocycles. The van der Waals surface area contributed by atoms with Crippen molar-refractivity contribution >= 4 is 12.3 Å². The number of furan rings is 1. The van der Waals surface area contributed by atoms with Gasteiger partial charge < -0.3 is 9.15 Å². The highest BCUT2D eigenvalue weighted by atomic mass is 16.5. The Morgan fingerprint density at radius 1 is 1.46 bits per heavy atom. The molecule has 4 heteroatoms. The van der Waals surface area contributed by atoms with Gasteiger partial charge in [0, 0.05) is 0 Å². The molecule has 0 radical (unpaired) electrons. The molecule has 0 amide bonds.